The molecule has 164 valence electrons. The van der Waals surface area contributed by atoms with Crippen LogP contribution < -0.4 is 10.5 Å². The number of nitrogens with zero attached hydrogens (tertiary/aromatic N) is 2. The number of hydrogen-bond acceptors (Lipinski definition) is 5. The highest BCUT2D eigenvalue weighted by molar-refractivity contribution is 9.10. The Morgan fingerprint density at radius 2 is 2.06 bits per heavy atom. The summed E-state index contributed by atoms with van der Waals surface area (Å²) in [4.78, 5) is 19.2. The predicted molar refractivity (Wildman–Crippen MR) is 121 cm³/mol. The number of amides is 1. The summed E-state index contributed by atoms with van der Waals surface area (Å²) in [6, 6.07) is 15.4. The fourth-order valence-corrected chi connectivity index (χ4v) is 4.50. The van der Waals surface area contributed by atoms with E-state index in [4.69, 9.17) is 19.9 Å². The molecule has 7 nitrogen and oxygen atoms in total. The fourth-order valence-electron chi connectivity index (χ4n) is 4.13. The van der Waals surface area contributed by atoms with Crippen LogP contribution in [-0.2, 0) is 16.1 Å². The number of piperidine rings is 1. The van der Waals surface area contributed by atoms with Crippen molar-refractivity contribution in [3.05, 3.63) is 64.1 Å². The Bertz CT molecular complexity index is 953. The second-order valence-electron chi connectivity index (χ2n) is 7.62. The van der Waals surface area contributed by atoms with Gasteiger partial charge in [0.25, 0.3) is 6.02 Å². The molecule has 4 rings (SSSR count). The van der Waals surface area contributed by atoms with Gasteiger partial charge in [0.1, 0.15) is 18.5 Å². The molecule has 0 aliphatic carbocycles. The number of hydrogen-bond donors (Lipinski definition) is 1. The van der Waals surface area contributed by atoms with Crippen molar-refractivity contribution in [1.29, 1.82) is 0 Å². The number of likely N-dealkylation sites (tertiary alicyclic amines) is 1. The Kier molecular flexibility index (Phi) is 6.65. The topological polar surface area (TPSA) is 86.4 Å². The molecule has 0 aromatic heterocycles. The number of aliphatic imine (C=N–C) groups is 1. The van der Waals surface area contributed by atoms with Crippen molar-refractivity contribution in [2.24, 2.45) is 16.6 Å². The first-order valence-electron chi connectivity index (χ1n) is 10.4. The maximum atomic E-state index is 12.7. The summed E-state index contributed by atoms with van der Waals surface area (Å²) in [5.41, 5.74) is 7.89. The number of halogens is 1. The number of carbonyl (C=O) groups excluding carboxylic acids is 1. The summed E-state index contributed by atoms with van der Waals surface area (Å²) in [6.45, 7) is 3.59. The molecule has 2 unspecified atom stereocenters. The van der Waals surface area contributed by atoms with Gasteiger partial charge in [-0.1, -0.05) is 46.3 Å². The SMILES string of the molecule is CCO/C(N)=N\C1c2cc(Br)ccc2OC2CCN(C(=O)OCc3ccccc3)C[C@@H]21. The molecule has 2 aliphatic heterocycles. The summed E-state index contributed by atoms with van der Waals surface area (Å²) >= 11 is 3.53. The molecule has 1 fully saturated rings. The molecule has 0 saturated carbocycles. The first kappa shape index (κ1) is 21.5. The molecular formula is C23H26BrN3O4. The first-order chi connectivity index (χ1) is 15.0. The van der Waals surface area contributed by atoms with Gasteiger partial charge in [-0.15, -0.1) is 0 Å². The molecule has 8 heteroatoms. The summed E-state index contributed by atoms with van der Waals surface area (Å²) < 4.78 is 18.1. The van der Waals surface area contributed by atoms with Crippen LogP contribution in [0.25, 0.3) is 0 Å². The number of ether oxygens (including phenoxy) is 3. The lowest BCUT2D eigenvalue weighted by Crippen LogP contribution is -2.51. The number of carbonyl (C=O) groups is 1. The van der Waals surface area contributed by atoms with Gasteiger partial charge in [0.2, 0.25) is 0 Å². The molecule has 3 atom stereocenters. The molecule has 0 radical (unpaired) electrons. The number of nitrogens with two attached hydrogens (primary N) is 1. The van der Waals surface area contributed by atoms with Crippen molar-refractivity contribution in [3.8, 4) is 5.75 Å². The van der Waals surface area contributed by atoms with Crippen molar-refractivity contribution in [2.75, 3.05) is 19.7 Å². The molecule has 2 N–H and O–H groups in total. The van der Waals surface area contributed by atoms with E-state index in [0.29, 0.717) is 26.1 Å². The third kappa shape index (κ3) is 4.95. The molecule has 0 bridgehead atoms. The van der Waals surface area contributed by atoms with Crippen LogP contribution in [0.3, 0.4) is 0 Å². The van der Waals surface area contributed by atoms with Crippen LogP contribution in [0.15, 0.2) is 58.0 Å². The number of fused-ring (bicyclic) bond motifs is 2. The van der Waals surface area contributed by atoms with Gasteiger partial charge in [-0.05, 0) is 30.7 Å². The van der Waals surface area contributed by atoms with E-state index in [1.807, 2.05) is 55.5 Å². The van der Waals surface area contributed by atoms with Crippen molar-refractivity contribution < 1.29 is 19.0 Å². The van der Waals surface area contributed by atoms with Gasteiger partial charge < -0.3 is 24.8 Å². The molecule has 2 heterocycles. The normalized spacial score (nSPS) is 22.7. The van der Waals surface area contributed by atoms with Crippen LogP contribution in [0, 0.1) is 5.92 Å². The lowest BCUT2D eigenvalue weighted by molar-refractivity contribution is 0.0100. The zero-order valence-electron chi connectivity index (χ0n) is 17.4. The maximum Gasteiger partial charge on any atom is 0.410 e. The van der Waals surface area contributed by atoms with Gasteiger partial charge in [-0.2, -0.15) is 0 Å². The number of amidine groups is 1. The molecular weight excluding hydrogens is 462 g/mol. The van der Waals surface area contributed by atoms with E-state index in [0.717, 1.165) is 21.3 Å². The number of rotatable bonds is 4. The highest BCUT2D eigenvalue weighted by atomic mass is 79.9. The standard InChI is InChI=1S/C23H26BrN3O4/c1-2-29-22(25)26-21-17-12-16(24)8-9-19(17)31-20-10-11-27(13-18(20)21)23(28)30-14-15-6-4-3-5-7-15/h3-9,12,18,20-21H,2,10-11,13-14H2,1H3,(H2,25,26)/t18-,20?,21?/m0/s1. The van der Waals surface area contributed by atoms with Crippen molar-refractivity contribution in [3.63, 3.8) is 0 Å². The highest BCUT2D eigenvalue weighted by Crippen LogP contribution is 2.45. The van der Waals surface area contributed by atoms with Crippen LogP contribution in [0.4, 0.5) is 4.79 Å². The Labute approximate surface area is 190 Å². The van der Waals surface area contributed by atoms with E-state index in [9.17, 15) is 4.79 Å². The van der Waals surface area contributed by atoms with Gasteiger partial charge in [-0.3, -0.25) is 0 Å². The van der Waals surface area contributed by atoms with Gasteiger partial charge in [0.05, 0.1) is 12.6 Å². The second kappa shape index (κ2) is 9.60. The smallest absolute Gasteiger partial charge is 0.410 e. The Hall–Kier alpha value is -2.74. The molecule has 0 spiro atoms. The summed E-state index contributed by atoms with van der Waals surface area (Å²) in [7, 11) is 0. The lowest BCUT2D eigenvalue weighted by Gasteiger charge is -2.44. The van der Waals surface area contributed by atoms with Crippen LogP contribution in [0.5, 0.6) is 5.75 Å². The number of benzene rings is 2. The van der Waals surface area contributed by atoms with Crippen LogP contribution in [-0.4, -0.2) is 42.8 Å². The van der Waals surface area contributed by atoms with Crippen molar-refractivity contribution >= 4 is 28.0 Å². The highest BCUT2D eigenvalue weighted by Gasteiger charge is 2.43. The first-order valence-corrected chi connectivity index (χ1v) is 11.2. The summed E-state index contributed by atoms with van der Waals surface area (Å²) in [6.07, 6.45) is 0.305. The van der Waals surface area contributed by atoms with Crippen LogP contribution in [0.2, 0.25) is 0 Å². The Morgan fingerprint density at radius 1 is 1.26 bits per heavy atom. The molecule has 2 aromatic carbocycles. The average Bonchev–Trinajstić information content (AvgIpc) is 2.78. The third-order valence-electron chi connectivity index (χ3n) is 5.59. The lowest BCUT2D eigenvalue weighted by atomic mass is 9.82. The van der Waals surface area contributed by atoms with E-state index >= 15 is 0 Å². The maximum absolute atomic E-state index is 12.7. The van der Waals surface area contributed by atoms with Gasteiger partial charge >= 0.3 is 6.09 Å². The molecule has 2 aliphatic rings. The van der Waals surface area contributed by atoms with Crippen molar-refractivity contribution in [1.82, 2.24) is 4.90 Å². The fraction of sp³-hybridized carbons (Fsp3) is 0.391. The Balaban J connectivity index is 1.53. The minimum absolute atomic E-state index is 0.0566. The van der Waals surface area contributed by atoms with E-state index in [1.165, 1.54) is 0 Å². The second-order valence-corrected chi connectivity index (χ2v) is 8.54. The monoisotopic (exact) mass is 487 g/mol. The quantitative estimate of drug-likeness (QED) is 0.514. The molecule has 1 amide bonds. The molecule has 1 saturated heterocycles. The Morgan fingerprint density at radius 3 is 2.84 bits per heavy atom. The van der Waals surface area contributed by atoms with Gasteiger partial charge in [0.15, 0.2) is 0 Å². The molecule has 31 heavy (non-hydrogen) atoms. The van der Waals surface area contributed by atoms with Gasteiger partial charge in [-0.25, -0.2) is 9.79 Å². The van der Waals surface area contributed by atoms with Crippen molar-refractivity contribution in [2.45, 2.75) is 32.1 Å². The van der Waals surface area contributed by atoms with Crippen LogP contribution in [0.1, 0.15) is 30.5 Å². The minimum atomic E-state index is -0.331. The van der Waals surface area contributed by atoms with E-state index in [1.54, 1.807) is 4.90 Å². The average molecular weight is 488 g/mol. The summed E-state index contributed by atoms with van der Waals surface area (Å²) in [5, 5.41) is 0. The third-order valence-corrected chi connectivity index (χ3v) is 6.08. The minimum Gasteiger partial charge on any atom is -0.490 e. The van der Waals surface area contributed by atoms with E-state index < -0.39 is 0 Å². The van der Waals surface area contributed by atoms with E-state index in [-0.39, 0.29) is 36.8 Å². The largest absolute Gasteiger partial charge is 0.490 e. The zero-order valence-corrected chi connectivity index (χ0v) is 19.0. The van der Waals surface area contributed by atoms with Crippen LogP contribution >= 0.6 is 15.9 Å². The predicted octanol–water partition coefficient (Wildman–Crippen LogP) is 4.26. The zero-order chi connectivity index (χ0) is 21.8. The van der Waals surface area contributed by atoms with Gasteiger partial charge in [0, 0.05) is 35.5 Å². The van der Waals surface area contributed by atoms with E-state index in [2.05, 4.69) is 20.9 Å². The summed E-state index contributed by atoms with van der Waals surface area (Å²) in [5.74, 6) is 0.737. The molecule has 2 aromatic rings.